The number of hydrogen-bond donors (Lipinski definition) is 1. The second-order valence-electron chi connectivity index (χ2n) is 16.3. The van der Waals surface area contributed by atoms with Gasteiger partial charge in [-0.25, -0.2) is 52.7 Å². The molecule has 2 saturated carbocycles. The van der Waals surface area contributed by atoms with Crippen molar-refractivity contribution in [3.05, 3.63) is 116 Å². The molecule has 0 saturated heterocycles. The van der Waals surface area contributed by atoms with Crippen molar-refractivity contribution in [1.82, 2.24) is 0 Å². The van der Waals surface area contributed by atoms with Crippen LogP contribution in [-0.2, 0) is 0 Å². The standard InChI is InChI=1S/C28H16BF12.C16H31N/c1-9-21(13(30)5-17(34)25(9)38)29(22-10(2)26(39)18(35)6-14(22)31,23-11(3)27(40)19(36)7-15(23)32)24-12(4)28(41)20(37)8-16(24)33;1-3-15(11-7-5-8-12-15)17-16(4-2)13-9-6-10-14-16/h5-8H,1-4H3;17H,3-14H2,1-2H3/q-1;/p+1. The van der Waals surface area contributed by atoms with Crippen molar-refractivity contribution in [3.8, 4) is 0 Å². The molecule has 0 unspecified atom stereocenters. The zero-order valence-electron chi connectivity index (χ0n) is 33.5. The highest BCUT2D eigenvalue weighted by Gasteiger charge is 2.47. The van der Waals surface area contributed by atoms with Crippen molar-refractivity contribution in [3.63, 3.8) is 0 Å². The lowest BCUT2D eigenvalue weighted by Gasteiger charge is -2.48. The van der Waals surface area contributed by atoms with Crippen LogP contribution in [0.4, 0.5) is 52.7 Å². The molecule has 2 aliphatic carbocycles. The summed E-state index contributed by atoms with van der Waals surface area (Å²) in [5, 5.41) is 2.87. The maximum atomic E-state index is 15.9. The van der Waals surface area contributed by atoms with Gasteiger partial charge in [-0.3, -0.25) is 0 Å². The third kappa shape index (κ3) is 7.78. The van der Waals surface area contributed by atoms with Crippen molar-refractivity contribution in [2.75, 3.05) is 0 Å². The SMILES string of the molecule is CCC1([NH2+]C2(CC)CCCCC2)CCCCC1.Cc1c(F)c(F)cc(F)c1[B-](c1c(F)cc(F)c(F)c1C)(c1c(F)cc(F)c(F)c1C)c1c(F)cc(F)c(F)c1C. The van der Waals surface area contributed by atoms with Crippen LogP contribution in [0.15, 0.2) is 24.3 Å². The summed E-state index contributed by atoms with van der Waals surface area (Å²) >= 11 is 0. The Balaban J connectivity index is 0.000000313. The molecule has 0 atom stereocenters. The van der Waals surface area contributed by atoms with Crippen molar-refractivity contribution < 1.29 is 58.0 Å². The van der Waals surface area contributed by atoms with E-state index in [9.17, 15) is 17.6 Å². The predicted octanol–water partition coefficient (Wildman–Crippen LogP) is 9.74. The van der Waals surface area contributed by atoms with Crippen LogP contribution in [0.5, 0.6) is 0 Å². The maximum absolute atomic E-state index is 15.9. The maximum Gasteiger partial charge on any atom is 0.161 e. The Morgan fingerprint density at radius 3 is 0.828 bits per heavy atom. The normalized spacial score (nSPS) is 16.6. The number of rotatable bonds is 8. The molecule has 4 aromatic rings. The summed E-state index contributed by atoms with van der Waals surface area (Å²) in [7, 11) is 0. The third-order valence-electron chi connectivity index (χ3n) is 13.3. The number of quaternary nitrogens is 1. The zero-order chi connectivity index (χ0) is 43.1. The highest BCUT2D eigenvalue weighted by Crippen LogP contribution is 2.33. The molecule has 316 valence electrons. The molecule has 0 aromatic heterocycles. The fourth-order valence-corrected chi connectivity index (χ4v) is 10.3. The lowest BCUT2D eigenvalue weighted by atomic mass is 9.11. The first-order valence-corrected chi connectivity index (χ1v) is 19.8. The molecule has 0 heterocycles. The number of halogens is 12. The van der Waals surface area contributed by atoms with E-state index < -0.39 is 120 Å². The largest absolute Gasteiger partial charge is 0.337 e. The highest BCUT2D eigenvalue weighted by atomic mass is 19.2. The van der Waals surface area contributed by atoms with E-state index in [4.69, 9.17) is 0 Å². The predicted molar refractivity (Wildman–Crippen MR) is 203 cm³/mol. The third-order valence-corrected chi connectivity index (χ3v) is 13.3. The van der Waals surface area contributed by atoms with Crippen LogP contribution in [0.25, 0.3) is 0 Å². The minimum Gasteiger partial charge on any atom is -0.337 e. The van der Waals surface area contributed by atoms with Gasteiger partial charge in [-0.1, -0.05) is 26.7 Å². The summed E-state index contributed by atoms with van der Waals surface area (Å²) < 4.78 is 181. The van der Waals surface area contributed by atoms with E-state index in [-0.39, 0.29) is 24.3 Å². The second-order valence-corrected chi connectivity index (χ2v) is 16.3. The molecule has 1 nitrogen and oxygen atoms in total. The van der Waals surface area contributed by atoms with E-state index in [0.29, 0.717) is 38.8 Å². The molecule has 0 aliphatic heterocycles. The molecule has 0 bridgehead atoms. The molecule has 0 spiro atoms. The summed E-state index contributed by atoms with van der Waals surface area (Å²) in [6, 6.07) is -0.494. The first-order chi connectivity index (χ1) is 27.2. The second kappa shape index (κ2) is 17.3. The first-order valence-electron chi connectivity index (χ1n) is 19.8. The summed E-state index contributed by atoms with van der Waals surface area (Å²) in [6.07, 6.45) is 12.9. The molecule has 2 N–H and O–H groups in total. The minimum absolute atomic E-state index is 0.123. The Labute approximate surface area is 331 Å². The molecule has 2 aliphatic rings. The average molecular weight is 830 g/mol. The van der Waals surface area contributed by atoms with Crippen molar-refractivity contribution >= 4 is 28.0 Å². The summed E-state index contributed by atoms with van der Waals surface area (Å²) in [4.78, 5) is 0. The van der Waals surface area contributed by atoms with E-state index in [1.165, 1.54) is 77.0 Å². The lowest BCUT2D eigenvalue weighted by Crippen LogP contribution is -3.06. The minimum atomic E-state index is -4.68. The average Bonchev–Trinajstić information content (AvgIpc) is 3.18. The molecular formula is C44H48BF12N. The Morgan fingerprint density at radius 1 is 0.397 bits per heavy atom. The quantitative estimate of drug-likeness (QED) is 0.104. The number of nitrogens with two attached hydrogens (primary N) is 1. The van der Waals surface area contributed by atoms with Crippen LogP contribution >= 0.6 is 0 Å². The van der Waals surface area contributed by atoms with Gasteiger partial charge in [0.05, 0.1) is 34.3 Å². The molecular weight excluding hydrogens is 781 g/mol. The van der Waals surface area contributed by atoms with Crippen LogP contribution in [-0.4, -0.2) is 17.2 Å². The summed E-state index contributed by atoms with van der Waals surface area (Å²) in [5.41, 5.74) is -8.67. The topological polar surface area (TPSA) is 16.6 Å². The molecule has 14 heteroatoms. The van der Waals surface area contributed by atoms with E-state index in [0.717, 1.165) is 0 Å². The molecule has 0 amide bonds. The van der Waals surface area contributed by atoms with Crippen LogP contribution in [0.1, 0.15) is 113 Å². The van der Waals surface area contributed by atoms with Crippen LogP contribution < -0.4 is 27.2 Å². The van der Waals surface area contributed by atoms with Gasteiger partial charge in [0.25, 0.3) is 0 Å². The monoisotopic (exact) mass is 829 g/mol. The van der Waals surface area contributed by atoms with E-state index in [1.54, 1.807) is 0 Å². The Morgan fingerprint density at radius 2 is 0.621 bits per heavy atom. The molecule has 2 fully saturated rings. The summed E-state index contributed by atoms with van der Waals surface area (Å²) in [6.45, 7) is 7.52. The van der Waals surface area contributed by atoms with Crippen LogP contribution in [0.2, 0.25) is 0 Å². The van der Waals surface area contributed by atoms with Gasteiger partial charge < -0.3 is 5.32 Å². The van der Waals surface area contributed by atoms with Gasteiger partial charge in [0.2, 0.25) is 0 Å². The zero-order valence-corrected chi connectivity index (χ0v) is 33.5. The Kier molecular flexibility index (Phi) is 13.5. The van der Waals surface area contributed by atoms with Gasteiger partial charge in [0, 0.05) is 49.9 Å². The van der Waals surface area contributed by atoms with Gasteiger partial charge in [-0.05, 0) is 88.5 Å². The highest BCUT2D eigenvalue weighted by molar-refractivity contribution is 7.20. The van der Waals surface area contributed by atoms with E-state index >= 15 is 35.1 Å². The molecule has 4 aromatic carbocycles. The fraction of sp³-hybridized carbons (Fsp3) is 0.455. The van der Waals surface area contributed by atoms with E-state index in [1.807, 2.05) is 0 Å². The fourth-order valence-electron chi connectivity index (χ4n) is 10.3. The van der Waals surface area contributed by atoms with Crippen molar-refractivity contribution in [1.29, 1.82) is 0 Å². The number of benzene rings is 4. The van der Waals surface area contributed by atoms with Gasteiger partial charge in [-0.15, -0.1) is 0 Å². The number of hydrogen-bond acceptors (Lipinski definition) is 0. The van der Waals surface area contributed by atoms with Gasteiger partial charge >= 0.3 is 0 Å². The smallest absolute Gasteiger partial charge is 0.161 e. The Bertz CT molecular complexity index is 1910. The Hall–Kier alpha value is -3.94. The molecule has 6 rings (SSSR count). The van der Waals surface area contributed by atoms with Crippen LogP contribution in [0.3, 0.4) is 0 Å². The van der Waals surface area contributed by atoms with Crippen molar-refractivity contribution in [2.45, 2.75) is 130 Å². The lowest BCUT2D eigenvalue weighted by molar-refractivity contribution is -0.796. The van der Waals surface area contributed by atoms with Gasteiger partial charge in [-0.2, -0.15) is 21.9 Å². The first kappa shape index (κ1) is 45.2. The van der Waals surface area contributed by atoms with Crippen LogP contribution in [0, 0.1) is 97.5 Å². The van der Waals surface area contributed by atoms with Crippen molar-refractivity contribution in [2.24, 2.45) is 0 Å². The summed E-state index contributed by atoms with van der Waals surface area (Å²) in [5.74, 6) is -22.3. The molecule has 0 radical (unpaired) electrons. The van der Waals surface area contributed by atoms with Gasteiger partial charge in [0.15, 0.2) is 46.5 Å². The molecule has 58 heavy (non-hydrogen) atoms. The van der Waals surface area contributed by atoms with E-state index in [2.05, 4.69) is 19.2 Å². The van der Waals surface area contributed by atoms with Gasteiger partial charge in [0.1, 0.15) is 6.15 Å².